The molecule has 4 atom stereocenters. The molecular weight excluding hydrogens is 450 g/mol. The number of carbonyl (C=O) groups is 1. The van der Waals surface area contributed by atoms with Gasteiger partial charge in [-0.25, -0.2) is 9.78 Å². The molecule has 0 spiro atoms. The van der Waals surface area contributed by atoms with Crippen LogP contribution in [0.15, 0.2) is 29.1 Å². The predicted molar refractivity (Wildman–Crippen MR) is 143 cm³/mol. The summed E-state index contributed by atoms with van der Waals surface area (Å²) in [5, 5.41) is 0. The maximum Gasteiger partial charge on any atom is 0.362 e. The highest BCUT2D eigenvalue weighted by Crippen LogP contribution is 2.53. The third-order valence-corrected chi connectivity index (χ3v) is 8.92. The van der Waals surface area contributed by atoms with Gasteiger partial charge in [0.15, 0.2) is 0 Å². The highest BCUT2D eigenvalue weighted by molar-refractivity contribution is 5.89. The normalized spacial score (nSPS) is 28.8. The van der Waals surface area contributed by atoms with Crippen LogP contribution in [0, 0.1) is 11.3 Å². The van der Waals surface area contributed by atoms with Crippen LogP contribution in [0.25, 0.3) is 11.0 Å². The molecule has 2 aromatic rings. The number of para-hydroxylation sites is 2. The van der Waals surface area contributed by atoms with E-state index in [0.717, 1.165) is 37.6 Å². The van der Waals surface area contributed by atoms with Crippen molar-refractivity contribution in [1.82, 2.24) is 14.5 Å². The largest absolute Gasteiger partial charge is 0.461 e. The maximum atomic E-state index is 14.1. The number of rotatable bonds is 5. The zero-order valence-corrected chi connectivity index (χ0v) is 23.0. The van der Waals surface area contributed by atoms with E-state index in [-0.39, 0.29) is 34.4 Å². The molecule has 2 saturated heterocycles. The van der Waals surface area contributed by atoms with Crippen molar-refractivity contribution in [2.45, 2.75) is 116 Å². The Morgan fingerprint density at radius 2 is 1.81 bits per heavy atom. The van der Waals surface area contributed by atoms with E-state index >= 15 is 0 Å². The topological polar surface area (TPSA) is 64.4 Å². The average molecular weight is 494 g/mol. The van der Waals surface area contributed by atoms with Gasteiger partial charge in [-0.3, -0.25) is 14.3 Å². The van der Waals surface area contributed by atoms with Crippen molar-refractivity contribution in [2.24, 2.45) is 11.3 Å². The van der Waals surface area contributed by atoms with Gasteiger partial charge in [-0.1, -0.05) is 32.9 Å². The molecule has 3 fully saturated rings. The third kappa shape index (κ3) is 4.40. The quantitative estimate of drug-likeness (QED) is 0.485. The van der Waals surface area contributed by atoms with Gasteiger partial charge in [0.1, 0.15) is 0 Å². The van der Waals surface area contributed by atoms with Crippen molar-refractivity contribution < 1.29 is 9.53 Å². The molecule has 1 aromatic heterocycles. The van der Waals surface area contributed by atoms with Gasteiger partial charge in [-0.2, -0.15) is 0 Å². The molecule has 36 heavy (non-hydrogen) atoms. The van der Waals surface area contributed by atoms with E-state index in [1.807, 2.05) is 28.8 Å². The number of esters is 1. The SMILES string of the molecule is CCOC(=O)c1nc2ccccc2n([C@@]23CCC4CC[C@H](C2)N(C(C)(C)CC(C)(C)C)[C@@H](C4)C3)c1=O. The van der Waals surface area contributed by atoms with Crippen LogP contribution in [-0.4, -0.2) is 44.6 Å². The van der Waals surface area contributed by atoms with E-state index < -0.39 is 5.97 Å². The molecule has 1 saturated carbocycles. The molecule has 3 heterocycles. The fraction of sp³-hybridized carbons (Fsp3) is 0.700. The lowest BCUT2D eigenvalue weighted by molar-refractivity contribution is -0.0643. The highest BCUT2D eigenvalue weighted by atomic mass is 16.5. The van der Waals surface area contributed by atoms with Gasteiger partial charge in [0, 0.05) is 17.6 Å². The van der Waals surface area contributed by atoms with Gasteiger partial charge in [-0.05, 0) is 95.6 Å². The van der Waals surface area contributed by atoms with Crippen LogP contribution in [0.5, 0.6) is 0 Å². The van der Waals surface area contributed by atoms with E-state index in [9.17, 15) is 9.59 Å². The molecule has 0 radical (unpaired) electrons. The van der Waals surface area contributed by atoms with Gasteiger partial charge in [-0.15, -0.1) is 0 Å². The Morgan fingerprint density at radius 3 is 2.53 bits per heavy atom. The second kappa shape index (κ2) is 8.97. The standard InChI is InChI=1S/C30H43N3O3/c1-7-36-27(35)25-26(34)33(24-11-9-8-10-23(24)31-25)30-15-14-20-12-13-21(17-30)32(22(16-20)18-30)29(5,6)19-28(2,3)4/h8-11,20-22H,7,12-19H2,1-6H3/t20?,21-,22+,30+/m1/s1. The number of hydrogen-bond donors (Lipinski definition) is 0. The van der Waals surface area contributed by atoms with E-state index in [4.69, 9.17) is 4.74 Å². The number of nitrogens with zero attached hydrogens (tertiary/aromatic N) is 3. The molecule has 0 amide bonds. The van der Waals surface area contributed by atoms with Crippen molar-refractivity contribution >= 4 is 17.0 Å². The zero-order valence-electron chi connectivity index (χ0n) is 23.0. The van der Waals surface area contributed by atoms with E-state index in [1.165, 1.54) is 19.3 Å². The van der Waals surface area contributed by atoms with E-state index in [0.29, 0.717) is 23.5 Å². The summed E-state index contributed by atoms with van der Waals surface area (Å²) in [4.78, 5) is 34.2. The van der Waals surface area contributed by atoms with Crippen molar-refractivity contribution in [3.63, 3.8) is 0 Å². The van der Waals surface area contributed by atoms with Gasteiger partial charge in [0.05, 0.1) is 23.2 Å². The second-order valence-corrected chi connectivity index (χ2v) is 13.4. The van der Waals surface area contributed by atoms with Crippen LogP contribution >= 0.6 is 0 Å². The minimum Gasteiger partial charge on any atom is -0.461 e. The van der Waals surface area contributed by atoms with Crippen LogP contribution in [0.3, 0.4) is 0 Å². The molecule has 1 aliphatic carbocycles. The number of benzene rings is 1. The van der Waals surface area contributed by atoms with Gasteiger partial charge < -0.3 is 4.74 Å². The van der Waals surface area contributed by atoms with Crippen LogP contribution in [0.1, 0.15) is 103 Å². The molecule has 6 nitrogen and oxygen atoms in total. The fourth-order valence-electron chi connectivity index (χ4n) is 8.37. The summed E-state index contributed by atoms with van der Waals surface area (Å²) in [6.45, 7) is 13.9. The molecular formula is C30H43N3O3. The maximum absolute atomic E-state index is 14.1. The molecule has 6 heteroatoms. The average Bonchev–Trinajstić information content (AvgIpc) is 2.99. The molecule has 0 N–H and O–H groups in total. The van der Waals surface area contributed by atoms with Crippen LogP contribution < -0.4 is 5.56 Å². The number of aromatic nitrogens is 2. The monoisotopic (exact) mass is 493 g/mol. The zero-order chi connectivity index (χ0) is 25.9. The van der Waals surface area contributed by atoms with Crippen LogP contribution in [-0.2, 0) is 10.3 Å². The number of fused-ring (bicyclic) bond motifs is 4. The Kier molecular flexibility index (Phi) is 6.34. The second-order valence-electron chi connectivity index (χ2n) is 13.4. The van der Waals surface area contributed by atoms with Gasteiger partial charge in [0.2, 0.25) is 5.69 Å². The Balaban J connectivity index is 1.66. The Morgan fingerprint density at radius 1 is 1.08 bits per heavy atom. The molecule has 2 aliphatic heterocycles. The lowest BCUT2D eigenvalue weighted by Crippen LogP contribution is -2.63. The minimum atomic E-state index is -0.617. The summed E-state index contributed by atoms with van der Waals surface area (Å²) in [6.07, 6.45) is 8.80. The first-order valence-corrected chi connectivity index (χ1v) is 13.9. The lowest BCUT2D eigenvalue weighted by atomic mass is 9.71. The Bertz CT molecular complexity index is 1210. The minimum absolute atomic E-state index is 0.0774. The molecule has 3 aliphatic rings. The van der Waals surface area contributed by atoms with Crippen molar-refractivity contribution in [2.75, 3.05) is 6.61 Å². The van der Waals surface area contributed by atoms with E-state index in [2.05, 4.69) is 44.5 Å². The van der Waals surface area contributed by atoms with Gasteiger partial charge in [0.25, 0.3) is 5.56 Å². The summed E-state index contributed by atoms with van der Waals surface area (Å²) in [6, 6.07) is 8.67. The summed E-state index contributed by atoms with van der Waals surface area (Å²) >= 11 is 0. The molecule has 196 valence electrons. The summed E-state index contributed by atoms with van der Waals surface area (Å²) in [5.41, 5.74) is 1.19. The first-order chi connectivity index (χ1) is 16.9. The van der Waals surface area contributed by atoms with Crippen LogP contribution in [0.4, 0.5) is 0 Å². The van der Waals surface area contributed by atoms with Crippen LogP contribution in [0.2, 0.25) is 0 Å². The highest BCUT2D eigenvalue weighted by Gasteiger charge is 2.54. The molecule has 4 bridgehead atoms. The summed E-state index contributed by atoms with van der Waals surface area (Å²) in [5.74, 6) is 0.0808. The fourth-order valence-corrected chi connectivity index (χ4v) is 8.37. The first-order valence-electron chi connectivity index (χ1n) is 13.9. The molecule has 1 unspecified atom stereocenters. The number of ether oxygens (including phenoxy) is 1. The number of piperidine rings is 1. The smallest absolute Gasteiger partial charge is 0.362 e. The summed E-state index contributed by atoms with van der Waals surface area (Å²) < 4.78 is 7.25. The van der Waals surface area contributed by atoms with E-state index in [1.54, 1.807) is 6.92 Å². The molecule has 1 aromatic carbocycles. The summed E-state index contributed by atoms with van der Waals surface area (Å²) in [7, 11) is 0. The van der Waals surface area contributed by atoms with Gasteiger partial charge >= 0.3 is 5.97 Å². The Labute approximate surface area is 215 Å². The molecule has 5 rings (SSSR count). The Hall–Kier alpha value is -2.21. The third-order valence-electron chi connectivity index (χ3n) is 8.92. The number of hydrogen-bond acceptors (Lipinski definition) is 5. The number of carbonyl (C=O) groups excluding carboxylic acids is 1. The first kappa shape index (κ1) is 25.4. The van der Waals surface area contributed by atoms with Crippen molar-refractivity contribution in [3.05, 3.63) is 40.3 Å². The lowest BCUT2D eigenvalue weighted by Gasteiger charge is -2.57. The van der Waals surface area contributed by atoms with Crippen molar-refractivity contribution in [1.29, 1.82) is 0 Å². The predicted octanol–water partition coefficient (Wildman–Crippen LogP) is 5.91. The van der Waals surface area contributed by atoms with Crippen molar-refractivity contribution in [3.8, 4) is 0 Å².